The molecule has 1 saturated heterocycles. The van der Waals surface area contributed by atoms with Crippen LogP contribution in [0.3, 0.4) is 0 Å². The molecule has 0 unspecified atom stereocenters. The number of rotatable bonds is 3. The van der Waals surface area contributed by atoms with E-state index in [2.05, 4.69) is 5.32 Å². The summed E-state index contributed by atoms with van der Waals surface area (Å²) in [4.78, 5) is 11.6. The molecule has 1 fully saturated rings. The van der Waals surface area contributed by atoms with Gasteiger partial charge in [0.1, 0.15) is 6.10 Å². The van der Waals surface area contributed by atoms with Crippen LogP contribution in [0.1, 0.15) is 18.4 Å². The monoisotopic (exact) mass is 219 g/mol. The van der Waals surface area contributed by atoms with Crippen LogP contribution >= 0.6 is 0 Å². The lowest BCUT2D eigenvalue weighted by molar-refractivity contribution is -0.148. The Balaban J connectivity index is 1.80. The molecule has 0 spiro atoms. The summed E-state index contributed by atoms with van der Waals surface area (Å²) in [6.45, 7) is 1.83. The zero-order valence-electron chi connectivity index (χ0n) is 9.32. The molecule has 0 amide bonds. The third-order valence-electron chi connectivity index (χ3n) is 2.74. The highest BCUT2D eigenvalue weighted by Crippen LogP contribution is 2.08. The van der Waals surface area contributed by atoms with Crippen LogP contribution < -0.4 is 5.32 Å². The Bertz CT molecular complexity index is 331. The average molecular weight is 219 g/mol. The van der Waals surface area contributed by atoms with Gasteiger partial charge >= 0.3 is 5.97 Å². The van der Waals surface area contributed by atoms with Crippen molar-refractivity contribution in [2.24, 2.45) is 0 Å². The minimum Gasteiger partial charge on any atom is -0.461 e. The minimum absolute atomic E-state index is 0.0602. The fraction of sp³-hybridized carbons (Fsp3) is 0.462. The standard InChI is InChI=1S/C13H17NO2/c15-13(9-11-5-2-1-3-6-11)16-12-7-4-8-14-10-12/h1-3,5-6,12,14H,4,7-10H2/t12-/m0/s1. The summed E-state index contributed by atoms with van der Waals surface area (Å²) >= 11 is 0. The molecule has 3 heteroatoms. The number of hydrogen-bond acceptors (Lipinski definition) is 3. The summed E-state index contributed by atoms with van der Waals surface area (Å²) in [5.74, 6) is -0.125. The van der Waals surface area contributed by atoms with Crippen LogP contribution in [0.2, 0.25) is 0 Å². The summed E-state index contributed by atoms with van der Waals surface area (Å²) in [5.41, 5.74) is 1.01. The molecule has 1 aromatic rings. The van der Waals surface area contributed by atoms with Gasteiger partial charge in [-0.1, -0.05) is 30.3 Å². The van der Waals surface area contributed by atoms with E-state index >= 15 is 0 Å². The number of esters is 1. The fourth-order valence-corrected chi connectivity index (χ4v) is 1.91. The Kier molecular flexibility index (Phi) is 3.94. The normalized spacial score (nSPS) is 20.4. The van der Waals surface area contributed by atoms with Crippen LogP contribution in [0.4, 0.5) is 0 Å². The molecule has 16 heavy (non-hydrogen) atoms. The highest BCUT2D eigenvalue weighted by molar-refractivity contribution is 5.72. The second-order valence-electron chi connectivity index (χ2n) is 4.12. The van der Waals surface area contributed by atoms with E-state index in [4.69, 9.17) is 4.74 Å². The number of carbonyl (C=O) groups is 1. The quantitative estimate of drug-likeness (QED) is 0.783. The molecule has 3 nitrogen and oxygen atoms in total. The summed E-state index contributed by atoms with van der Waals surface area (Å²) < 4.78 is 5.39. The van der Waals surface area contributed by atoms with Crippen molar-refractivity contribution in [1.82, 2.24) is 5.32 Å². The van der Waals surface area contributed by atoms with Crippen LogP contribution in [0, 0.1) is 0 Å². The van der Waals surface area contributed by atoms with Crippen LogP contribution in [-0.2, 0) is 16.0 Å². The number of hydrogen-bond donors (Lipinski definition) is 1. The van der Waals surface area contributed by atoms with E-state index in [1.165, 1.54) is 0 Å². The van der Waals surface area contributed by atoms with Crippen molar-refractivity contribution in [1.29, 1.82) is 0 Å². The second-order valence-corrected chi connectivity index (χ2v) is 4.12. The maximum absolute atomic E-state index is 11.6. The number of ether oxygens (including phenoxy) is 1. The number of piperidine rings is 1. The van der Waals surface area contributed by atoms with Gasteiger partial charge in [-0.3, -0.25) is 4.79 Å². The van der Waals surface area contributed by atoms with Gasteiger partial charge in [0, 0.05) is 6.54 Å². The lowest BCUT2D eigenvalue weighted by Gasteiger charge is -2.22. The molecular formula is C13H17NO2. The van der Waals surface area contributed by atoms with Crippen molar-refractivity contribution in [3.63, 3.8) is 0 Å². The Morgan fingerprint density at radius 2 is 2.19 bits per heavy atom. The van der Waals surface area contributed by atoms with Gasteiger partial charge < -0.3 is 10.1 Å². The smallest absolute Gasteiger partial charge is 0.310 e. The molecule has 1 aliphatic heterocycles. The molecule has 86 valence electrons. The zero-order valence-corrected chi connectivity index (χ0v) is 9.32. The van der Waals surface area contributed by atoms with E-state index in [0.717, 1.165) is 31.5 Å². The number of benzene rings is 1. The SMILES string of the molecule is O=C(Cc1ccccc1)O[C@H]1CCCNC1. The third-order valence-corrected chi connectivity index (χ3v) is 2.74. The summed E-state index contributed by atoms with van der Waals surface area (Å²) in [6.07, 6.45) is 2.50. The maximum Gasteiger partial charge on any atom is 0.310 e. The molecule has 2 rings (SSSR count). The molecule has 0 radical (unpaired) electrons. The molecule has 1 aromatic carbocycles. The number of nitrogens with one attached hydrogen (secondary N) is 1. The van der Waals surface area contributed by atoms with E-state index in [9.17, 15) is 4.79 Å². The van der Waals surface area contributed by atoms with Crippen molar-refractivity contribution in [2.75, 3.05) is 13.1 Å². The maximum atomic E-state index is 11.6. The lowest BCUT2D eigenvalue weighted by atomic mass is 10.1. The first-order chi connectivity index (χ1) is 7.84. The summed E-state index contributed by atoms with van der Waals surface area (Å²) in [6, 6.07) is 9.70. The van der Waals surface area contributed by atoms with Gasteiger partial charge in [0.15, 0.2) is 0 Å². The van der Waals surface area contributed by atoms with Gasteiger partial charge in [-0.15, -0.1) is 0 Å². The van der Waals surface area contributed by atoms with Crippen molar-refractivity contribution in [3.05, 3.63) is 35.9 Å². The zero-order chi connectivity index (χ0) is 11.2. The van der Waals surface area contributed by atoms with Gasteiger partial charge in [0.25, 0.3) is 0 Å². The first-order valence-electron chi connectivity index (χ1n) is 5.79. The molecule has 1 N–H and O–H groups in total. The van der Waals surface area contributed by atoms with Crippen molar-refractivity contribution in [3.8, 4) is 0 Å². The van der Waals surface area contributed by atoms with E-state index in [0.29, 0.717) is 6.42 Å². The first-order valence-corrected chi connectivity index (χ1v) is 5.79. The molecule has 1 atom stereocenters. The van der Waals surface area contributed by atoms with Crippen LogP contribution in [0.25, 0.3) is 0 Å². The van der Waals surface area contributed by atoms with Crippen LogP contribution in [0.15, 0.2) is 30.3 Å². The Labute approximate surface area is 95.8 Å². The molecular weight excluding hydrogens is 202 g/mol. The highest BCUT2D eigenvalue weighted by Gasteiger charge is 2.17. The van der Waals surface area contributed by atoms with E-state index < -0.39 is 0 Å². The average Bonchev–Trinajstić information content (AvgIpc) is 2.31. The van der Waals surface area contributed by atoms with Crippen molar-refractivity contribution >= 4 is 5.97 Å². The minimum atomic E-state index is -0.125. The predicted octanol–water partition coefficient (Wildman–Crippen LogP) is 1.52. The summed E-state index contributed by atoms with van der Waals surface area (Å²) in [7, 11) is 0. The van der Waals surface area contributed by atoms with Gasteiger partial charge in [-0.25, -0.2) is 0 Å². The van der Waals surface area contributed by atoms with Crippen molar-refractivity contribution in [2.45, 2.75) is 25.4 Å². The molecule has 0 aromatic heterocycles. The number of carbonyl (C=O) groups excluding carboxylic acids is 1. The van der Waals surface area contributed by atoms with Gasteiger partial charge in [0.2, 0.25) is 0 Å². The van der Waals surface area contributed by atoms with Crippen LogP contribution in [0.5, 0.6) is 0 Å². The molecule has 0 saturated carbocycles. The van der Waals surface area contributed by atoms with Gasteiger partial charge in [0.05, 0.1) is 6.42 Å². The Morgan fingerprint density at radius 3 is 2.88 bits per heavy atom. The second kappa shape index (κ2) is 5.66. The van der Waals surface area contributed by atoms with E-state index in [1.54, 1.807) is 0 Å². The van der Waals surface area contributed by atoms with Gasteiger partial charge in [-0.05, 0) is 24.9 Å². The topological polar surface area (TPSA) is 38.3 Å². The Morgan fingerprint density at radius 1 is 1.38 bits per heavy atom. The first kappa shape index (κ1) is 11.1. The largest absolute Gasteiger partial charge is 0.461 e. The fourth-order valence-electron chi connectivity index (χ4n) is 1.91. The summed E-state index contributed by atoms with van der Waals surface area (Å²) in [5, 5.41) is 3.23. The van der Waals surface area contributed by atoms with E-state index in [1.807, 2.05) is 30.3 Å². The molecule has 1 heterocycles. The van der Waals surface area contributed by atoms with Crippen LogP contribution in [-0.4, -0.2) is 25.2 Å². The molecule has 0 aliphatic carbocycles. The molecule has 1 aliphatic rings. The van der Waals surface area contributed by atoms with E-state index in [-0.39, 0.29) is 12.1 Å². The Hall–Kier alpha value is -1.35. The molecule has 0 bridgehead atoms. The predicted molar refractivity (Wildman–Crippen MR) is 62.1 cm³/mol. The van der Waals surface area contributed by atoms with Crippen molar-refractivity contribution < 1.29 is 9.53 Å². The third kappa shape index (κ3) is 3.35. The highest BCUT2D eigenvalue weighted by atomic mass is 16.5. The van der Waals surface area contributed by atoms with Gasteiger partial charge in [-0.2, -0.15) is 0 Å². The lowest BCUT2D eigenvalue weighted by Crippen LogP contribution is -2.36.